The van der Waals surface area contributed by atoms with Crippen molar-refractivity contribution < 1.29 is 10.0 Å². The molecule has 6 heteroatoms. The molecule has 0 aromatic carbocycles. The number of nitrogens with two attached hydrogens (primary N) is 1. The highest BCUT2D eigenvalue weighted by Gasteiger charge is 2.37. The van der Waals surface area contributed by atoms with Gasteiger partial charge in [0.1, 0.15) is 5.54 Å². The van der Waals surface area contributed by atoms with E-state index in [1.165, 1.54) is 17.8 Å². The third-order valence-electron chi connectivity index (χ3n) is 3.90. The lowest BCUT2D eigenvalue weighted by molar-refractivity contribution is 0.0914. The molecule has 110 valence electrons. The van der Waals surface area contributed by atoms with Gasteiger partial charge in [0.05, 0.1) is 4.88 Å². The van der Waals surface area contributed by atoms with E-state index in [4.69, 9.17) is 10.9 Å². The normalized spacial score (nSPS) is 19.9. The number of rotatable bonds is 3. The maximum atomic E-state index is 12.3. The fraction of sp³-hybridized carbons (Fsp3) is 0.571. The summed E-state index contributed by atoms with van der Waals surface area (Å²) in [6.45, 7) is 0. The van der Waals surface area contributed by atoms with Crippen LogP contribution in [0.5, 0.6) is 0 Å². The lowest BCUT2D eigenvalue weighted by Crippen LogP contribution is -2.57. The van der Waals surface area contributed by atoms with Gasteiger partial charge in [-0.3, -0.25) is 4.79 Å². The standard InChI is InChI=1S/C14H21N3O2S/c15-13(17-19)14(8-4-2-1-3-5-9-14)16-12(18)11-7-6-10-20-11/h6-7,10,19H,1-5,8-9H2,(H2,15,17)(H,16,18). The van der Waals surface area contributed by atoms with Gasteiger partial charge in [-0.25, -0.2) is 0 Å². The van der Waals surface area contributed by atoms with Crippen LogP contribution in [0.2, 0.25) is 0 Å². The molecule has 0 saturated heterocycles. The Morgan fingerprint density at radius 1 is 1.30 bits per heavy atom. The first kappa shape index (κ1) is 14.8. The van der Waals surface area contributed by atoms with E-state index in [1.807, 2.05) is 11.4 Å². The van der Waals surface area contributed by atoms with Crippen molar-refractivity contribution in [2.45, 2.75) is 50.5 Å². The van der Waals surface area contributed by atoms with Crippen molar-refractivity contribution in [2.24, 2.45) is 10.9 Å². The molecule has 4 N–H and O–H groups in total. The molecule has 1 aromatic heterocycles. The van der Waals surface area contributed by atoms with Crippen molar-refractivity contribution in [1.29, 1.82) is 0 Å². The number of amides is 1. The second-order valence-corrected chi connectivity index (χ2v) is 6.21. The van der Waals surface area contributed by atoms with Crippen LogP contribution in [-0.4, -0.2) is 22.5 Å². The summed E-state index contributed by atoms with van der Waals surface area (Å²) in [5.41, 5.74) is 5.18. The maximum absolute atomic E-state index is 12.3. The molecule has 0 unspecified atom stereocenters. The Kier molecular flexibility index (Phi) is 5.00. The molecule has 1 aromatic rings. The number of oxime groups is 1. The van der Waals surface area contributed by atoms with Crippen LogP contribution in [0.25, 0.3) is 0 Å². The minimum atomic E-state index is -0.712. The molecule has 1 saturated carbocycles. The Labute approximate surface area is 122 Å². The molecule has 1 fully saturated rings. The fourth-order valence-electron chi connectivity index (χ4n) is 2.74. The van der Waals surface area contributed by atoms with E-state index in [0.29, 0.717) is 4.88 Å². The second-order valence-electron chi connectivity index (χ2n) is 5.27. The first-order chi connectivity index (χ1) is 9.68. The Morgan fingerprint density at radius 3 is 2.50 bits per heavy atom. The maximum Gasteiger partial charge on any atom is 0.262 e. The SMILES string of the molecule is N/C(=N/O)C1(NC(=O)c2cccs2)CCCCCCC1. The molecule has 1 heterocycles. The van der Waals surface area contributed by atoms with Crippen LogP contribution in [0.3, 0.4) is 0 Å². The molecular formula is C14H21N3O2S. The summed E-state index contributed by atoms with van der Waals surface area (Å²) in [4.78, 5) is 13.0. The van der Waals surface area contributed by atoms with Gasteiger partial charge in [0.15, 0.2) is 5.84 Å². The second kappa shape index (κ2) is 6.74. The highest BCUT2D eigenvalue weighted by molar-refractivity contribution is 7.12. The predicted molar refractivity (Wildman–Crippen MR) is 80.2 cm³/mol. The smallest absolute Gasteiger partial charge is 0.262 e. The summed E-state index contributed by atoms with van der Waals surface area (Å²) >= 11 is 1.39. The molecule has 1 aliphatic carbocycles. The van der Waals surface area contributed by atoms with Crippen molar-refractivity contribution in [3.05, 3.63) is 22.4 Å². The minimum absolute atomic E-state index is 0.115. The molecule has 0 atom stereocenters. The van der Waals surface area contributed by atoms with Crippen LogP contribution in [0.4, 0.5) is 0 Å². The summed E-state index contributed by atoms with van der Waals surface area (Å²) < 4.78 is 0. The van der Waals surface area contributed by atoms with Gasteiger partial charge in [-0.2, -0.15) is 0 Å². The highest BCUT2D eigenvalue weighted by atomic mass is 32.1. The molecule has 1 amide bonds. The van der Waals surface area contributed by atoms with Crippen molar-refractivity contribution in [3.63, 3.8) is 0 Å². The van der Waals surface area contributed by atoms with Gasteiger partial charge in [0.25, 0.3) is 5.91 Å². The summed E-state index contributed by atoms with van der Waals surface area (Å²) in [6.07, 6.45) is 6.84. The third-order valence-corrected chi connectivity index (χ3v) is 4.77. The zero-order chi connectivity index (χ0) is 14.4. The third kappa shape index (κ3) is 3.30. The van der Waals surface area contributed by atoms with E-state index in [1.54, 1.807) is 6.07 Å². The zero-order valence-electron chi connectivity index (χ0n) is 11.5. The van der Waals surface area contributed by atoms with Crippen LogP contribution in [0.1, 0.15) is 54.6 Å². The lowest BCUT2D eigenvalue weighted by Gasteiger charge is -2.35. The summed E-state index contributed by atoms with van der Waals surface area (Å²) in [6, 6.07) is 3.62. The summed E-state index contributed by atoms with van der Waals surface area (Å²) in [7, 11) is 0. The van der Waals surface area contributed by atoms with Gasteiger partial charge in [-0.05, 0) is 24.3 Å². The average molecular weight is 295 g/mol. The monoisotopic (exact) mass is 295 g/mol. The minimum Gasteiger partial charge on any atom is -0.409 e. The number of nitrogens with zero attached hydrogens (tertiary/aromatic N) is 1. The van der Waals surface area contributed by atoms with Gasteiger partial charge >= 0.3 is 0 Å². The van der Waals surface area contributed by atoms with Crippen LogP contribution >= 0.6 is 11.3 Å². The van der Waals surface area contributed by atoms with Crippen LogP contribution < -0.4 is 11.1 Å². The van der Waals surface area contributed by atoms with Gasteiger partial charge < -0.3 is 16.3 Å². The molecule has 0 aliphatic heterocycles. The topological polar surface area (TPSA) is 87.7 Å². The molecule has 0 radical (unpaired) electrons. The summed E-state index contributed by atoms with van der Waals surface area (Å²) in [5, 5.41) is 17.1. The molecule has 20 heavy (non-hydrogen) atoms. The predicted octanol–water partition coefficient (Wildman–Crippen LogP) is 2.71. The number of hydrogen-bond donors (Lipinski definition) is 3. The Hall–Kier alpha value is -1.56. The zero-order valence-corrected chi connectivity index (χ0v) is 12.3. The Morgan fingerprint density at radius 2 is 1.95 bits per heavy atom. The van der Waals surface area contributed by atoms with Gasteiger partial charge in [-0.15, -0.1) is 11.3 Å². The number of hydrogen-bond acceptors (Lipinski definition) is 4. The van der Waals surface area contributed by atoms with E-state index in [9.17, 15) is 4.79 Å². The van der Waals surface area contributed by atoms with E-state index >= 15 is 0 Å². The summed E-state index contributed by atoms with van der Waals surface area (Å²) in [5.74, 6) is -0.0310. The van der Waals surface area contributed by atoms with E-state index in [2.05, 4.69) is 10.5 Å². The molecule has 0 bridgehead atoms. The van der Waals surface area contributed by atoms with Crippen LogP contribution in [-0.2, 0) is 0 Å². The number of carbonyl (C=O) groups is 1. The van der Waals surface area contributed by atoms with Crippen LogP contribution in [0.15, 0.2) is 22.7 Å². The van der Waals surface area contributed by atoms with Gasteiger partial charge in [0, 0.05) is 0 Å². The quantitative estimate of drug-likeness (QED) is 0.347. The number of thiophene rings is 1. The fourth-order valence-corrected chi connectivity index (χ4v) is 3.36. The molecular weight excluding hydrogens is 274 g/mol. The van der Waals surface area contributed by atoms with E-state index in [-0.39, 0.29) is 11.7 Å². The average Bonchev–Trinajstić information content (AvgIpc) is 2.95. The first-order valence-electron chi connectivity index (χ1n) is 7.02. The number of carbonyl (C=O) groups excluding carboxylic acids is 1. The number of amidine groups is 1. The van der Waals surface area contributed by atoms with E-state index < -0.39 is 5.54 Å². The molecule has 0 spiro atoms. The Balaban J connectivity index is 2.19. The molecule has 2 rings (SSSR count). The van der Waals surface area contributed by atoms with Gasteiger partial charge in [0.2, 0.25) is 0 Å². The van der Waals surface area contributed by atoms with Crippen molar-refractivity contribution in [1.82, 2.24) is 5.32 Å². The van der Waals surface area contributed by atoms with Crippen molar-refractivity contribution in [2.75, 3.05) is 0 Å². The first-order valence-corrected chi connectivity index (χ1v) is 7.90. The van der Waals surface area contributed by atoms with Crippen molar-refractivity contribution >= 4 is 23.1 Å². The van der Waals surface area contributed by atoms with Gasteiger partial charge in [-0.1, -0.05) is 43.3 Å². The number of nitrogens with one attached hydrogen (secondary N) is 1. The molecule has 1 aliphatic rings. The Bertz CT molecular complexity index is 463. The highest BCUT2D eigenvalue weighted by Crippen LogP contribution is 2.27. The molecule has 5 nitrogen and oxygen atoms in total. The largest absolute Gasteiger partial charge is 0.409 e. The van der Waals surface area contributed by atoms with Crippen molar-refractivity contribution in [3.8, 4) is 0 Å². The lowest BCUT2D eigenvalue weighted by atomic mass is 9.82. The van der Waals surface area contributed by atoms with Crippen LogP contribution in [0, 0.1) is 0 Å². The van der Waals surface area contributed by atoms with E-state index in [0.717, 1.165) is 38.5 Å².